The second-order valence-electron chi connectivity index (χ2n) is 3.71. The van der Waals surface area contributed by atoms with Crippen molar-refractivity contribution >= 4 is 23.4 Å². The van der Waals surface area contributed by atoms with Crippen LogP contribution in [0.3, 0.4) is 0 Å². The van der Waals surface area contributed by atoms with Crippen LogP contribution in [0, 0.1) is 6.92 Å². The highest BCUT2D eigenvalue weighted by Gasteiger charge is 1.97. The van der Waals surface area contributed by atoms with E-state index in [1.807, 2.05) is 12.1 Å². The maximum Gasteiger partial charge on any atom is -0.0109 e. The lowest BCUT2D eigenvalue weighted by molar-refractivity contribution is 1.47. The Kier molecular flexibility index (Phi) is 2.42. The van der Waals surface area contributed by atoms with Gasteiger partial charge in [-0.05, 0) is 33.7 Å². The minimum absolute atomic E-state index is 1.08. The van der Waals surface area contributed by atoms with Crippen molar-refractivity contribution in [3.8, 4) is 0 Å². The summed E-state index contributed by atoms with van der Waals surface area (Å²) in [6.07, 6.45) is 3.81. The van der Waals surface area contributed by atoms with Crippen LogP contribution in [0.25, 0.3) is 23.4 Å². The summed E-state index contributed by atoms with van der Waals surface area (Å²) in [5.41, 5.74) is 1.28. The van der Waals surface area contributed by atoms with E-state index in [2.05, 4.69) is 44.3 Å². The molecule has 0 saturated heterocycles. The summed E-state index contributed by atoms with van der Waals surface area (Å²) in [7, 11) is 0. The summed E-state index contributed by atoms with van der Waals surface area (Å²) in [5, 5.41) is 4.74. The minimum Gasteiger partial charge on any atom is -0.0990 e. The van der Waals surface area contributed by atoms with Gasteiger partial charge >= 0.3 is 0 Å². The Labute approximate surface area is 89.9 Å². The van der Waals surface area contributed by atoms with Gasteiger partial charge in [-0.1, -0.05) is 55.6 Å². The first kappa shape index (κ1) is 9.72. The van der Waals surface area contributed by atoms with Crippen molar-refractivity contribution in [2.24, 2.45) is 0 Å². The molecule has 0 aliphatic carbocycles. The van der Waals surface area contributed by atoms with Gasteiger partial charge in [-0.2, -0.15) is 0 Å². The quantitative estimate of drug-likeness (QED) is 0.654. The number of hydrogen-bond donors (Lipinski definition) is 0. The molecule has 2 aromatic rings. The third-order valence-corrected chi connectivity index (χ3v) is 2.69. The van der Waals surface area contributed by atoms with Crippen molar-refractivity contribution in [2.75, 3.05) is 0 Å². The molecule has 2 aromatic carbocycles. The molecule has 0 aliphatic rings. The molecule has 0 heteroatoms. The first-order valence-electron chi connectivity index (χ1n) is 5.04. The van der Waals surface area contributed by atoms with Crippen LogP contribution in [0.1, 0.15) is 5.56 Å². The molecular formula is C15H14. The van der Waals surface area contributed by atoms with Crippen LogP contribution in [0.4, 0.5) is 0 Å². The number of benzene rings is 2. The lowest BCUT2D eigenvalue weighted by Gasteiger charge is -2.02. The zero-order valence-electron chi connectivity index (χ0n) is 8.96. The molecule has 15 heavy (non-hydrogen) atoms. The van der Waals surface area contributed by atoms with E-state index in [1.54, 1.807) is 6.08 Å². The van der Waals surface area contributed by atoms with Gasteiger partial charge in [-0.25, -0.2) is 0 Å². The van der Waals surface area contributed by atoms with Crippen molar-refractivity contribution < 1.29 is 0 Å². The second kappa shape index (κ2) is 3.74. The molecule has 0 fully saturated rings. The number of hydrogen-bond acceptors (Lipinski definition) is 0. The number of allylic oxidation sites excluding steroid dienone is 1. The summed E-state index contributed by atoms with van der Waals surface area (Å²) in [6, 6.07) is 10.5. The average molecular weight is 194 g/mol. The van der Waals surface area contributed by atoms with Crippen LogP contribution in [0.2, 0.25) is 0 Å². The normalized spacial score (nSPS) is 11.9. The highest BCUT2D eigenvalue weighted by Crippen LogP contribution is 2.11. The minimum atomic E-state index is 1.08. The molecule has 0 aliphatic heterocycles. The topological polar surface area (TPSA) is 0 Å². The van der Waals surface area contributed by atoms with Gasteiger partial charge in [-0.15, -0.1) is 0 Å². The summed E-state index contributed by atoms with van der Waals surface area (Å²) in [5.74, 6) is 0. The Morgan fingerprint density at radius 3 is 2.47 bits per heavy atom. The van der Waals surface area contributed by atoms with Crippen molar-refractivity contribution in [3.63, 3.8) is 0 Å². The fraction of sp³-hybridized carbons (Fsp3) is 0.0667. The molecular weight excluding hydrogens is 180 g/mol. The molecule has 74 valence electrons. The molecule has 0 atom stereocenters. The number of rotatable bonds is 1. The maximum atomic E-state index is 4.13. The van der Waals surface area contributed by atoms with E-state index in [1.165, 1.54) is 16.3 Å². The number of fused-ring (bicyclic) bond motifs is 1. The molecule has 0 radical (unpaired) electrons. The zero-order valence-corrected chi connectivity index (χ0v) is 8.96. The van der Waals surface area contributed by atoms with Crippen LogP contribution in [0.5, 0.6) is 0 Å². The maximum absolute atomic E-state index is 4.13. The van der Waals surface area contributed by atoms with Crippen molar-refractivity contribution in [1.82, 2.24) is 0 Å². The van der Waals surface area contributed by atoms with E-state index in [0.717, 1.165) is 10.4 Å². The van der Waals surface area contributed by atoms with Gasteiger partial charge in [0.15, 0.2) is 0 Å². The van der Waals surface area contributed by atoms with Gasteiger partial charge in [0.25, 0.3) is 0 Å². The molecule has 0 spiro atoms. The van der Waals surface area contributed by atoms with Crippen molar-refractivity contribution in [1.29, 1.82) is 0 Å². The van der Waals surface area contributed by atoms with Gasteiger partial charge in [0.05, 0.1) is 0 Å². The fourth-order valence-corrected chi connectivity index (χ4v) is 1.92. The molecule has 0 heterocycles. The van der Waals surface area contributed by atoms with E-state index in [4.69, 9.17) is 0 Å². The van der Waals surface area contributed by atoms with E-state index in [9.17, 15) is 0 Å². The first-order valence-corrected chi connectivity index (χ1v) is 5.04. The predicted octanol–water partition coefficient (Wildman–Crippen LogP) is 2.53. The predicted molar refractivity (Wildman–Crippen MR) is 68.1 cm³/mol. The van der Waals surface area contributed by atoms with E-state index >= 15 is 0 Å². The van der Waals surface area contributed by atoms with Gasteiger partial charge in [-0.3, -0.25) is 0 Å². The summed E-state index contributed by atoms with van der Waals surface area (Å²) >= 11 is 0. The van der Waals surface area contributed by atoms with E-state index in [0.29, 0.717) is 0 Å². The Balaban J connectivity index is 3.04. The molecule has 0 aromatic heterocycles. The van der Waals surface area contributed by atoms with Crippen LogP contribution in [-0.2, 0) is 0 Å². The Hall–Kier alpha value is -1.82. The summed E-state index contributed by atoms with van der Waals surface area (Å²) in [4.78, 5) is 0. The highest BCUT2D eigenvalue weighted by molar-refractivity contribution is 5.86. The third kappa shape index (κ3) is 1.59. The summed E-state index contributed by atoms with van der Waals surface area (Å²) in [6.45, 7) is 9.98. The monoisotopic (exact) mass is 194 g/mol. The molecule has 0 unspecified atom stereocenters. The number of aryl methyl sites for hydroxylation is 1. The molecule has 2 rings (SSSR count). The van der Waals surface area contributed by atoms with Gasteiger partial charge in [0.1, 0.15) is 0 Å². The SMILES string of the molecule is C=C/C=c1/cc(C)c2ccccc2c1=C. The van der Waals surface area contributed by atoms with Gasteiger partial charge in [0.2, 0.25) is 0 Å². The van der Waals surface area contributed by atoms with Crippen molar-refractivity contribution in [2.45, 2.75) is 6.92 Å². The standard InChI is InChI=1S/C15H14/c1-4-7-13-10-11(2)14-8-5-6-9-15(14)12(13)3/h4-10H,1,3H2,2H3/b13-7-. The Morgan fingerprint density at radius 2 is 1.80 bits per heavy atom. The van der Waals surface area contributed by atoms with Gasteiger partial charge < -0.3 is 0 Å². The lowest BCUT2D eigenvalue weighted by atomic mass is 10.0. The largest absolute Gasteiger partial charge is 0.0990 e. The smallest absolute Gasteiger partial charge is 0.0109 e. The Bertz CT molecular complexity index is 618. The lowest BCUT2D eigenvalue weighted by Crippen LogP contribution is -2.24. The fourth-order valence-electron chi connectivity index (χ4n) is 1.92. The molecule has 0 saturated carbocycles. The van der Waals surface area contributed by atoms with Crippen LogP contribution in [0.15, 0.2) is 43.0 Å². The average Bonchev–Trinajstić information content (AvgIpc) is 2.26. The van der Waals surface area contributed by atoms with Crippen LogP contribution in [-0.4, -0.2) is 0 Å². The van der Waals surface area contributed by atoms with E-state index in [-0.39, 0.29) is 0 Å². The van der Waals surface area contributed by atoms with Crippen LogP contribution < -0.4 is 10.4 Å². The molecule has 0 bridgehead atoms. The second-order valence-corrected chi connectivity index (χ2v) is 3.71. The summed E-state index contributed by atoms with van der Waals surface area (Å²) < 4.78 is 0. The highest BCUT2D eigenvalue weighted by atomic mass is 14.0. The van der Waals surface area contributed by atoms with Gasteiger partial charge in [0, 0.05) is 0 Å². The van der Waals surface area contributed by atoms with E-state index < -0.39 is 0 Å². The molecule has 0 amide bonds. The first-order chi connectivity index (χ1) is 7.24. The van der Waals surface area contributed by atoms with Crippen LogP contribution >= 0.6 is 0 Å². The van der Waals surface area contributed by atoms with Crippen molar-refractivity contribution in [3.05, 3.63) is 59.0 Å². The zero-order chi connectivity index (χ0) is 10.8. The Morgan fingerprint density at radius 1 is 1.13 bits per heavy atom. The molecule has 0 nitrogen and oxygen atoms in total. The third-order valence-electron chi connectivity index (χ3n) is 2.69. The molecule has 0 N–H and O–H groups in total.